The summed E-state index contributed by atoms with van der Waals surface area (Å²) in [4.78, 5) is 10.6. The molecule has 16 heavy (non-hydrogen) atoms. The maximum Gasteiger partial charge on any atom is 0.273 e. The highest BCUT2D eigenvalue weighted by atomic mass is 16.6. The van der Waals surface area contributed by atoms with Gasteiger partial charge in [-0.3, -0.25) is 10.1 Å². The lowest BCUT2D eigenvalue weighted by molar-refractivity contribution is -0.385. The molecule has 2 unspecified atom stereocenters. The molecule has 0 fully saturated rings. The zero-order valence-electron chi connectivity index (χ0n) is 9.93. The number of nitro benzene ring substituents is 1. The lowest BCUT2D eigenvalue weighted by Gasteiger charge is -2.18. The van der Waals surface area contributed by atoms with Crippen LogP contribution in [0.25, 0.3) is 0 Å². The number of nitrogens with zero attached hydrogens (tertiary/aromatic N) is 1. The van der Waals surface area contributed by atoms with Gasteiger partial charge in [-0.05, 0) is 18.9 Å². The number of hydrogen-bond donors (Lipinski definition) is 1. The molecular weight excluding hydrogens is 204 g/mol. The molecule has 0 saturated heterocycles. The van der Waals surface area contributed by atoms with Crippen molar-refractivity contribution in [1.29, 1.82) is 0 Å². The van der Waals surface area contributed by atoms with Gasteiger partial charge in [0.2, 0.25) is 0 Å². The van der Waals surface area contributed by atoms with Crippen LogP contribution in [0.2, 0.25) is 0 Å². The Morgan fingerprint density at radius 2 is 2.12 bits per heavy atom. The molecular formula is C12H18N2O2. The van der Waals surface area contributed by atoms with E-state index in [0.717, 1.165) is 17.5 Å². The maximum absolute atomic E-state index is 11.0. The molecule has 0 radical (unpaired) electrons. The SMILES string of the molecule is CCC(N)C(C)c1ccc(C)cc1[N+](=O)[O-]. The summed E-state index contributed by atoms with van der Waals surface area (Å²) in [6.07, 6.45) is 0.812. The van der Waals surface area contributed by atoms with Crippen molar-refractivity contribution in [3.8, 4) is 0 Å². The van der Waals surface area contributed by atoms with Crippen molar-refractivity contribution in [2.45, 2.75) is 39.2 Å². The van der Waals surface area contributed by atoms with Crippen LogP contribution in [-0.4, -0.2) is 11.0 Å². The van der Waals surface area contributed by atoms with Gasteiger partial charge in [0, 0.05) is 23.6 Å². The normalized spacial score (nSPS) is 14.5. The van der Waals surface area contributed by atoms with Gasteiger partial charge in [0.15, 0.2) is 0 Å². The monoisotopic (exact) mass is 222 g/mol. The third-order valence-corrected chi connectivity index (χ3v) is 2.99. The molecule has 0 aliphatic rings. The van der Waals surface area contributed by atoms with E-state index in [2.05, 4.69) is 0 Å². The van der Waals surface area contributed by atoms with E-state index in [4.69, 9.17) is 5.73 Å². The third kappa shape index (κ3) is 2.58. The van der Waals surface area contributed by atoms with Crippen molar-refractivity contribution in [3.63, 3.8) is 0 Å². The number of hydrogen-bond acceptors (Lipinski definition) is 3. The Bertz CT molecular complexity index is 391. The molecule has 0 saturated carbocycles. The van der Waals surface area contributed by atoms with Crippen LogP contribution in [0.5, 0.6) is 0 Å². The maximum atomic E-state index is 11.0. The van der Waals surface area contributed by atoms with Crippen LogP contribution >= 0.6 is 0 Å². The van der Waals surface area contributed by atoms with E-state index in [-0.39, 0.29) is 22.6 Å². The smallest absolute Gasteiger partial charge is 0.273 e. The molecule has 4 nitrogen and oxygen atoms in total. The minimum Gasteiger partial charge on any atom is -0.327 e. The molecule has 1 aromatic rings. The lowest BCUT2D eigenvalue weighted by atomic mass is 9.90. The first kappa shape index (κ1) is 12.6. The number of rotatable bonds is 4. The molecule has 1 aromatic carbocycles. The molecule has 1 rings (SSSR count). The fourth-order valence-corrected chi connectivity index (χ4v) is 1.78. The van der Waals surface area contributed by atoms with Gasteiger partial charge in [-0.15, -0.1) is 0 Å². The Kier molecular flexibility index (Phi) is 4.01. The standard InChI is InChI=1S/C12H18N2O2/c1-4-11(13)9(3)10-6-5-8(2)7-12(10)14(15)16/h5-7,9,11H,4,13H2,1-3H3. The first-order valence-electron chi connectivity index (χ1n) is 5.47. The second kappa shape index (κ2) is 5.07. The Balaban J connectivity index is 3.17. The van der Waals surface area contributed by atoms with E-state index in [0.29, 0.717) is 0 Å². The average molecular weight is 222 g/mol. The molecule has 2 atom stereocenters. The first-order valence-corrected chi connectivity index (χ1v) is 5.47. The number of nitrogens with two attached hydrogens (primary N) is 1. The van der Waals surface area contributed by atoms with Crippen LogP contribution in [-0.2, 0) is 0 Å². The van der Waals surface area contributed by atoms with Crippen LogP contribution in [0.4, 0.5) is 5.69 Å². The first-order chi connectivity index (χ1) is 7.47. The Morgan fingerprint density at radius 1 is 1.50 bits per heavy atom. The summed E-state index contributed by atoms with van der Waals surface area (Å²) in [7, 11) is 0. The summed E-state index contributed by atoms with van der Waals surface area (Å²) in [5, 5.41) is 11.0. The molecule has 88 valence electrons. The topological polar surface area (TPSA) is 69.2 Å². The second-order valence-corrected chi connectivity index (χ2v) is 4.18. The predicted octanol–water partition coefficient (Wildman–Crippen LogP) is 2.74. The van der Waals surface area contributed by atoms with E-state index in [1.807, 2.05) is 32.9 Å². The Morgan fingerprint density at radius 3 is 2.62 bits per heavy atom. The second-order valence-electron chi connectivity index (χ2n) is 4.18. The molecule has 0 bridgehead atoms. The van der Waals surface area contributed by atoms with Crippen LogP contribution in [0.1, 0.15) is 37.3 Å². The third-order valence-electron chi connectivity index (χ3n) is 2.99. The van der Waals surface area contributed by atoms with E-state index in [1.54, 1.807) is 6.07 Å². The van der Waals surface area contributed by atoms with Crippen molar-refractivity contribution in [1.82, 2.24) is 0 Å². The van der Waals surface area contributed by atoms with Crippen molar-refractivity contribution >= 4 is 5.69 Å². The van der Waals surface area contributed by atoms with E-state index >= 15 is 0 Å². The van der Waals surface area contributed by atoms with Crippen molar-refractivity contribution in [3.05, 3.63) is 39.4 Å². The minimum atomic E-state index is -0.332. The van der Waals surface area contributed by atoms with Crippen molar-refractivity contribution in [2.24, 2.45) is 5.73 Å². The zero-order valence-corrected chi connectivity index (χ0v) is 9.93. The fourth-order valence-electron chi connectivity index (χ4n) is 1.78. The Hall–Kier alpha value is -1.42. The quantitative estimate of drug-likeness (QED) is 0.629. The van der Waals surface area contributed by atoms with Gasteiger partial charge < -0.3 is 5.73 Å². The predicted molar refractivity (Wildman–Crippen MR) is 64.5 cm³/mol. The van der Waals surface area contributed by atoms with Crippen molar-refractivity contribution < 1.29 is 4.92 Å². The molecule has 2 N–H and O–H groups in total. The van der Waals surface area contributed by atoms with Crippen LogP contribution in [0.3, 0.4) is 0 Å². The van der Waals surface area contributed by atoms with E-state index in [9.17, 15) is 10.1 Å². The van der Waals surface area contributed by atoms with Gasteiger partial charge in [0.1, 0.15) is 0 Å². The molecule has 0 aliphatic carbocycles. The van der Waals surface area contributed by atoms with Crippen LogP contribution in [0.15, 0.2) is 18.2 Å². The van der Waals surface area contributed by atoms with Gasteiger partial charge in [0.05, 0.1) is 4.92 Å². The highest BCUT2D eigenvalue weighted by Crippen LogP contribution is 2.29. The summed E-state index contributed by atoms with van der Waals surface area (Å²) in [6.45, 7) is 5.77. The number of aryl methyl sites for hydroxylation is 1. The van der Waals surface area contributed by atoms with Gasteiger partial charge in [-0.1, -0.05) is 26.0 Å². The molecule has 0 aliphatic heterocycles. The van der Waals surface area contributed by atoms with Crippen LogP contribution < -0.4 is 5.73 Å². The van der Waals surface area contributed by atoms with Crippen molar-refractivity contribution in [2.75, 3.05) is 0 Å². The van der Waals surface area contributed by atoms with Gasteiger partial charge in [0.25, 0.3) is 5.69 Å². The average Bonchev–Trinajstić information content (AvgIpc) is 2.26. The van der Waals surface area contributed by atoms with E-state index in [1.165, 1.54) is 0 Å². The number of nitro groups is 1. The molecule has 0 spiro atoms. The van der Waals surface area contributed by atoms with E-state index < -0.39 is 0 Å². The summed E-state index contributed by atoms with van der Waals surface area (Å²) < 4.78 is 0. The minimum absolute atomic E-state index is 0.00556. The summed E-state index contributed by atoms with van der Waals surface area (Å²) in [5.74, 6) is 0.00556. The van der Waals surface area contributed by atoms with Gasteiger partial charge >= 0.3 is 0 Å². The van der Waals surface area contributed by atoms with Gasteiger partial charge in [-0.25, -0.2) is 0 Å². The lowest BCUT2D eigenvalue weighted by Crippen LogP contribution is -2.26. The Labute approximate surface area is 95.6 Å². The number of benzene rings is 1. The highest BCUT2D eigenvalue weighted by molar-refractivity contribution is 5.45. The summed E-state index contributed by atoms with van der Waals surface area (Å²) in [6, 6.07) is 5.27. The highest BCUT2D eigenvalue weighted by Gasteiger charge is 2.22. The molecule has 4 heteroatoms. The summed E-state index contributed by atoms with van der Waals surface area (Å²) >= 11 is 0. The zero-order chi connectivity index (χ0) is 12.3. The van der Waals surface area contributed by atoms with Crippen LogP contribution in [0, 0.1) is 17.0 Å². The van der Waals surface area contributed by atoms with Gasteiger partial charge in [-0.2, -0.15) is 0 Å². The molecule has 0 heterocycles. The fraction of sp³-hybridized carbons (Fsp3) is 0.500. The molecule has 0 aromatic heterocycles. The molecule has 0 amide bonds. The summed E-state index contributed by atoms with van der Waals surface area (Å²) in [5.41, 5.74) is 7.73. The largest absolute Gasteiger partial charge is 0.327 e.